The molecule has 0 aromatic heterocycles. The third kappa shape index (κ3) is 6.49. The molecule has 0 heterocycles. The van der Waals surface area contributed by atoms with Gasteiger partial charge in [0.2, 0.25) is 0 Å². The topological polar surface area (TPSA) is 32.3 Å². The van der Waals surface area contributed by atoms with E-state index in [2.05, 4.69) is 5.32 Å². The summed E-state index contributed by atoms with van der Waals surface area (Å²) in [6.45, 7) is 4.87. The minimum atomic E-state index is -2.95. The second kappa shape index (κ2) is 4.14. The molecule has 2 nitrogen and oxygen atoms in total. The van der Waals surface area contributed by atoms with Crippen LogP contribution in [0, 0.1) is 0 Å². The highest BCUT2D eigenvalue weighted by Gasteiger charge is 2.27. The van der Waals surface area contributed by atoms with E-state index in [9.17, 15) is 8.78 Å². The van der Waals surface area contributed by atoms with Crippen LogP contribution in [-0.2, 0) is 0 Å². The van der Waals surface area contributed by atoms with E-state index in [-0.39, 0.29) is 18.5 Å². The van der Waals surface area contributed by atoms with E-state index < -0.39 is 12.5 Å². The molecule has 0 bridgehead atoms. The zero-order valence-corrected chi connectivity index (χ0v) is 7.82. The van der Waals surface area contributed by atoms with Crippen molar-refractivity contribution >= 4 is 0 Å². The molecule has 0 spiro atoms. The molecule has 0 aromatic rings. The number of aliphatic hydroxyl groups is 1. The van der Waals surface area contributed by atoms with Gasteiger partial charge in [-0.1, -0.05) is 0 Å². The predicted octanol–water partition coefficient (Wildman–Crippen LogP) is 1.39. The van der Waals surface area contributed by atoms with Crippen molar-refractivity contribution in [2.75, 3.05) is 13.2 Å². The van der Waals surface area contributed by atoms with Gasteiger partial charge in [-0.05, 0) is 20.8 Å². The molecule has 0 radical (unpaired) electrons. The summed E-state index contributed by atoms with van der Waals surface area (Å²) < 4.78 is 24.9. The lowest BCUT2D eigenvalue weighted by molar-refractivity contribution is -0.0562. The largest absolute Gasteiger partial charge is 0.390 e. The summed E-state index contributed by atoms with van der Waals surface area (Å²) in [5.74, 6) is -2.95. The first-order valence-electron chi connectivity index (χ1n) is 4.00. The Hall–Kier alpha value is -0.220. The quantitative estimate of drug-likeness (QED) is 0.687. The molecular weight excluding hydrogens is 164 g/mol. The molecule has 0 saturated heterocycles. The van der Waals surface area contributed by atoms with Crippen LogP contribution in [0.3, 0.4) is 0 Å². The van der Waals surface area contributed by atoms with E-state index in [4.69, 9.17) is 5.11 Å². The summed E-state index contributed by atoms with van der Waals surface area (Å²) in [6.07, 6.45) is -0.319. The molecule has 0 saturated carbocycles. The predicted molar refractivity (Wildman–Crippen MR) is 44.4 cm³/mol. The molecule has 0 rings (SSSR count). The first kappa shape index (κ1) is 11.8. The third-order valence-corrected chi connectivity index (χ3v) is 1.38. The number of rotatable bonds is 4. The Bertz CT molecular complexity index is 132. The van der Waals surface area contributed by atoms with Gasteiger partial charge in [0, 0.05) is 18.5 Å². The Morgan fingerprint density at radius 2 is 1.75 bits per heavy atom. The van der Waals surface area contributed by atoms with Crippen molar-refractivity contribution in [1.29, 1.82) is 0 Å². The van der Waals surface area contributed by atoms with Crippen LogP contribution in [0.1, 0.15) is 27.2 Å². The normalized spacial score (nSPS) is 13.5. The van der Waals surface area contributed by atoms with E-state index in [0.29, 0.717) is 0 Å². The number of hydrogen-bond donors (Lipinski definition) is 2. The van der Waals surface area contributed by atoms with Crippen LogP contribution in [0.15, 0.2) is 0 Å². The number of nitrogens with one attached hydrogen (secondary N) is 1. The SMILES string of the molecule is CC(C)(C)NCCC(F)(F)CO. The van der Waals surface area contributed by atoms with Crippen molar-refractivity contribution in [2.24, 2.45) is 0 Å². The third-order valence-electron chi connectivity index (χ3n) is 1.38. The zero-order chi connectivity index (χ0) is 9.83. The van der Waals surface area contributed by atoms with Crippen molar-refractivity contribution in [3.05, 3.63) is 0 Å². The highest BCUT2D eigenvalue weighted by atomic mass is 19.3. The molecule has 0 amide bonds. The van der Waals surface area contributed by atoms with Crippen LogP contribution in [0.25, 0.3) is 0 Å². The van der Waals surface area contributed by atoms with E-state index in [1.165, 1.54) is 0 Å². The van der Waals surface area contributed by atoms with Crippen LogP contribution in [0.5, 0.6) is 0 Å². The Balaban J connectivity index is 3.57. The van der Waals surface area contributed by atoms with E-state index in [1.807, 2.05) is 20.8 Å². The number of aliphatic hydroxyl groups excluding tert-OH is 1. The highest BCUT2D eigenvalue weighted by molar-refractivity contribution is 4.73. The van der Waals surface area contributed by atoms with Crippen LogP contribution >= 0.6 is 0 Å². The van der Waals surface area contributed by atoms with Crippen molar-refractivity contribution in [1.82, 2.24) is 5.32 Å². The molecule has 12 heavy (non-hydrogen) atoms. The Labute approximate surface area is 72.0 Å². The second-order valence-corrected chi connectivity index (χ2v) is 3.94. The average molecular weight is 181 g/mol. The van der Waals surface area contributed by atoms with Crippen molar-refractivity contribution in [3.63, 3.8) is 0 Å². The van der Waals surface area contributed by atoms with Gasteiger partial charge < -0.3 is 10.4 Å². The summed E-state index contributed by atoms with van der Waals surface area (Å²) in [7, 11) is 0. The summed E-state index contributed by atoms with van der Waals surface area (Å²) in [6, 6.07) is 0. The first-order valence-corrected chi connectivity index (χ1v) is 4.00. The highest BCUT2D eigenvalue weighted by Crippen LogP contribution is 2.16. The summed E-state index contributed by atoms with van der Waals surface area (Å²) in [5.41, 5.74) is -0.147. The maximum atomic E-state index is 12.4. The van der Waals surface area contributed by atoms with Gasteiger partial charge in [0.1, 0.15) is 6.61 Å². The van der Waals surface area contributed by atoms with Crippen LogP contribution in [0.4, 0.5) is 8.78 Å². The van der Waals surface area contributed by atoms with E-state index in [0.717, 1.165) is 0 Å². The van der Waals surface area contributed by atoms with Gasteiger partial charge in [-0.15, -0.1) is 0 Å². The van der Waals surface area contributed by atoms with Gasteiger partial charge in [-0.3, -0.25) is 0 Å². The molecule has 0 fully saturated rings. The fraction of sp³-hybridized carbons (Fsp3) is 1.00. The minimum Gasteiger partial charge on any atom is -0.390 e. The molecule has 2 N–H and O–H groups in total. The lowest BCUT2D eigenvalue weighted by Crippen LogP contribution is -2.39. The zero-order valence-electron chi connectivity index (χ0n) is 7.82. The van der Waals surface area contributed by atoms with Gasteiger partial charge in [-0.25, -0.2) is 8.78 Å². The summed E-state index contributed by atoms with van der Waals surface area (Å²) in [4.78, 5) is 0. The molecule has 0 aliphatic rings. The second-order valence-electron chi connectivity index (χ2n) is 3.94. The van der Waals surface area contributed by atoms with Crippen molar-refractivity contribution in [3.8, 4) is 0 Å². The summed E-state index contributed by atoms with van der Waals surface area (Å²) >= 11 is 0. The molecule has 0 aromatic carbocycles. The lowest BCUT2D eigenvalue weighted by Gasteiger charge is -2.22. The smallest absolute Gasteiger partial charge is 0.271 e. The molecular formula is C8H17F2NO. The van der Waals surface area contributed by atoms with Crippen molar-refractivity contribution < 1.29 is 13.9 Å². The monoisotopic (exact) mass is 181 g/mol. The maximum Gasteiger partial charge on any atom is 0.271 e. The Kier molecular flexibility index (Phi) is 4.06. The number of hydrogen-bond acceptors (Lipinski definition) is 2. The van der Waals surface area contributed by atoms with Crippen LogP contribution in [0.2, 0.25) is 0 Å². The van der Waals surface area contributed by atoms with Gasteiger partial charge in [0.05, 0.1) is 0 Å². The van der Waals surface area contributed by atoms with Gasteiger partial charge in [-0.2, -0.15) is 0 Å². The van der Waals surface area contributed by atoms with Gasteiger partial charge in [0.15, 0.2) is 0 Å². The maximum absolute atomic E-state index is 12.4. The standard InChI is InChI=1S/C8H17F2NO/c1-7(2,3)11-5-4-8(9,10)6-12/h11-12H,4-6H2,1-3H3. The van der Waals surface area contributed by atoms with Gasteiger partial charge >= 0.3 is 0 Å². The average Bonchev–Trinajstić information content (AvgIpc) is 1.84. The minimum absolute atomic E-state index is 0.147. The molecule has 0 aliphatic heterocycles. The van der Waals surface area contributed by atoms with Gasteiger partial charge in [0.25, 0.3) is 5.92 Å². The van der Waals surface area contributed by atoms with Crippen molar-refractivity contribution in [2.45, 2.75) is 38.7 Å². The van der Waals surface area contributed by atoms with E-state index >= 15 is 0 Å². The van der Waals surface area contributed by atoms with Crippen LogP contribution < -0.4 is 5.32 Å². The molecule has 0 aliphatic carbocycles. The molecule has 0 unspecified atom stereocenters. The fourth-order valence-electron chi connectivity index (χ4n) is 0.699. The fourth-order valence-corrected chi connectivity index (χ4v) is 0.699. The molecule has 74 valence electrons. The van der Waals surface area contributed by atoms with Crippen LogP contribution in [-0.4, -0.2) is 29.7 Å². The Morgan fingerprint density at radius 1 is 1.25 bits per heavy atom. The Morgan fingerprint density at radius 3 is 2.08 bits per heavy atom. The lowest BCUT2D eigenvalue weighted by atomic mass is 10.1. The number of alkyl halides is 2. The molecule has 4 heteroatoms. The number of halogens is 2. The summed E-state index contributed by atoms with van der Waals surface area (Å²) in [5, 5.41) is 11.2. The van der Waals surface area contributed by atoms with E-state index in [1.54, 1.807) is 0 Å². The first-order chi connectivity index (χ1) is 5.27. The molecule has 0 atom stereocenters.